The monoisotopic (exact) mass is 661 g/mol. The van der Waals surface area contributed by atoms with Crippen molar-refractivity contribution in [3.8, 4) is 39.3 Å². The highest BCUT2D eigenvalue weighted by molar-refractivity contribution is 6.25. The number of benzene rings is 7. The minimum Gasteiger partial charge on any atom is -0.307 e. The van der Waals surface area contributed by atoms with Crippen LogP contribution >= 0.6 is 0 Å². The van der Waals surface area contributed by atoms with E-state index in [4.69, 9.17) is 4.98 Å². The second-order valence-electron chi connectivity index (χ2n) is 13.6. The highest BCUT2D eigenvalue weighted by Crippen LogP contribution is 2.42. The topological polar surface area (TPSA) is 22.2 Å². The summed E-state index contributed by atoms with van der Waals surface area (Å²) in [5.74, 6) is 0. The van der Waals surface area contributed by atoms with E-state index in [1.807, 2.05) is 6.07 Å². The van der Waals surface area contributed by atoms with Gasteiger partial charge in [-0.05, 0) is 59.0 Å². The summed E-state index contributed by atoms with van der Waals surface area (Å²) in [4.78, 5) is 5.21. The van der Waals surface area contributed by atoms with Gasteiger partial charge in [0.25, 0.3) is 0 Å². The molecule has 0 bridgehead atoms. The van der Waals surface area contributed by atoms with Crippen LogP contribution in [0.5, 0.6) is 0 Å². The summed E-state index contributed by atoms with van der Waals surface area (Å²) in [6.45, 7) is 0. The largest absolute Gasteiger partial charge is 0.307 e. The van der Waals surface area contributed by atoms with Crippen LogP contribution in [0.3, 0.4) is 0 Å². The van der Waals surface area contributed by atoms with E-state index in [9.17, 15) is 0 Å². The summed E-state index contributed by atoms with van der Waals surface area (Å²) in [5.41, 5.74) is 13.6. The molecule has 11 aromatic rings. The fourth-order valence-electron chi connectivity index (χ4n) is 8.30. The first kappa shape index (κ1) is 28.8. The lowest BCUT2D eigenvalue weighted by Crippen LogP contribution is -1.98. The molecule has 0 radical (unpaired) electrons. The highest BCUT2D eigenvalue weighted by atomic mass is 15.0. The molecular formula is C49H31N3. The first-order valence-electron chi connectivity index (χ1n) is 17.8. The number of hydrogen-bond donors (Lipinski definition) is 0. The normalized spacial score (nSPS) is 11.8. The van der Waals surface area contributed by atoms with Crippen LogP contribution in [0.4, 0.5) is 0 Å². The van der Waals surface area contributed by atoms with E-state index in [1.165, 1.54) is 65.5 Å². The summed E-state index contributed by atoms with van der Waals surface area (Å²) >= 11 is 0. The lowest BCUT2D eigenvalue weighted by Gasteiger charge is -2.15. The number of hydrogen-bond acceptors (Lipinski definition) is 1. The Hall–Kier alpha value is -6.97. The predicted octanol–water partition coefficient (Wildman–Crippen LogP) is 12.9. The SMILES string of the molecule is c1ccc(-c2cc(-c3ccccc3)nc(-c3ccc(-n4c5ccccc5c5ccc6c7ccccc7c7cc8ccccc8n7c6c54)cc3)c2)cc1. The lowest BCUT2D eigenvalue weighted by molar-refractivity contribution is 1.18. The third kappa shape index (κ3) is 4.30. The zero-order chi connectivity index (χ0) is 34.2. The Bertz CT molecular complexity index is 3090. The van der Waals surface area contributed by atoms with Crippen LogP contribution < -0.4 is 0 Å². The Morgan fingerprint density at radius 2 is 0.865 bits per heavy atom. The maximum absolute atomic E-state index is 5.21. The van der Waals surface area contributed by atoms with Gasteiger partial charge in [0.2, 0.25) is 0 Å². The van der Waals surface area contributed by atoms with Crippen LogP contribution in [0.1, 0.15) is 0 Å². The molecule has 4 heterocycles. The predicted molar refractivity (Wildman–Crippen MR) is 218 cm³/mol. The Morgan fingerprint density at radius 1 is 0.327 bits per heavy atom. The van der Waals surface area contributed by atoms with Gasteiger partial charge in [-0.25, -0.2) is 4.98 Å². The molecule has 4 aromatic heterocycles. The summed E-state index contributed by atoms with van der Waals surface area (Å²) < 4.78 is 4.95. The minimum atomic E-state index is 0.950. The fourth-order valence-corrected chi connectivity index (χ4v) is 8.30. The van der Waals surface area contributed by atoms with Gasteiger partial charge in [0.1, 0.15) is 0 Å². The molecule has 0 amide bonds. The van der Waals surface area contributed by atoms with Gasteiger partial charge in [-0.15, -0.1) is 0 Å². The Morgan fingerprint density at radius 3 is 1.58 bits per heavy atom. The third-order valence-electron chi connectivity index (χ3n) is 10.7. The molecule has 0 aliphatic heterocycles. The summed E-state index contributed by atoms with van der Waals surface area (Å²) in [6.07, 6.45) is 0. The van der Waals surface area contributed by atoms with Crippen molar-refractivity contribution >= 4 is 59.9 Å². The van der Waals surface area contributed by atoms with Crippen molar-refractivity contribution in [3.05, 3.63) is 188 Å². The van der Waals surface area contributed by atoms with E-state index in [-0.39, 0.29) is 0 Å². The molecule has 0 fully saturated rings. The molecule has 0 aliphatic carbocycles. The highest BCUT2D eigenvalue weighted by Gasteiger charge is 2.20. The van der Waals surface area contributed by atoms with E-state index in [2.05, 4.69) is 191 Å². The van der Waals surface area contributed by atoms with Crippen molar-refractivity contribution < 1.29 is 0 Å². The van der Waals surface area contributed by atoms with E-state index in [1.54, 1.807) is 0 Å². The Labute approximate surface area is 300 Å². The third-order valence-corrected chi connectivity index (χ3v) is 10.7. The standard InChI is InChI=1S/C49H31N3/c1-3-13-32(14-4-1)36-29-43(33-15-5-2-6-16-33)50-44(30-36)34-23-25-37(26-24-34)51-46-22-12-10-20-40(46)42-28-27-41-38-18-8-9-19-39(38)47-31-35-17-7-11-21-45(35)52(47)49(41)48(42)51/h1-31H. The zero-order valence-corrected chi connectivity index (χ0v) is 28.2. The van der Waals surface area contributed by atoms with Gasteiger partial charge in [0.15, 0.2) is 0 Å². The van der Waals surface area contributed by atoms with Crippen molar-refractivity contribution in [2.24, 2.45) is 0 Å². The molecule has 0 aliphatic rings. The first-order chi connectivity index (χ1) is 25.8. The number of aromatic nitrogens is 3. The lowest BCUT2D eigenvalue weighted by atomic mass is 10.00. The van der Waals surface area contributed by atoms with Crippen molar-refractivity contribution in [2.75, 3.05) is 0 Å². The fraction of sp³-hybridized carbons (Fsp3) is 0. The molecule has 0 atom stereocenters. The molecule has 3 nitrogen and oxygen atoms in total. The van der Waals surface area contributed by atoms with E-state index < -0.39 is 0 Å². The first-order valence-corrected chi connectivity index (χ1v) is 17.8. The number of nitrogens with zero attached hydrogens (tertiary/aromatic N) is 3. The quantitative estimate of drug-likeness (QED) is 0.172. The molecule has 3 heteroatoms. The summed E-state index contributed by atoms with van der Waals surface area (Å²) in [7, 11) is 0. The number of pyridine rings is 2. The smallest absolute Gasteiger partial charge is 0.0788 e. The van der Waals surface area contributed by atoms with Gasteiger partial charge in [-0.2, -0.15) is 0 Å². The molecule has 242 valence electrons. The molecule has 52 heavy (non-hydrogen) atoms. The molecule has 0 spiro atoms. The average Bonchev–Trinajstić information content (AvgIpc) is 3.78. The van der Waals surface area contributed by atoms with Crippen LogP contribution in [-0.4, -0.2) is 14.0 Å². The van der Waals surface area contributed by atoms with Crippen molar-refractivity contribution in [1.29, 1.82) is 0 Å². The number of rotatable bonds is 4. The van der Waals surface area contributed by atoms with Gasteiger partial charge < -0.3 is 8.97 Å². The Kier molecular flexibility index (Phi) is 6.25. The van der Waals surface area contributed by atoms with Crippen LogP contribution in [0.25, 0.3) is 99.2 Å². The molecule has 0 saturated carbocycles. The second-order valence-corrected chi connectivity index (χ2v) is 13.6. The van der Waals surface area contributed by atoms with Crippen LogP contribution in [0.2, 0.25) is 0 Å². The molecule has 11 rings (SSSR count). The average molecular weight is 662 g/mol. The van der Waals surface area contributed by atoms with Crippen LogP contribution in [0, 0.1) is 0 Å². The summed E-state index contributed by atoms with van der Waals surface area (Å²) in [5, 5.41) is 7.49. The van der Waals surface area contributed by atoms with Gasteiger partial charge in [0, 0.05) is 43.7 Å². The van der Waals surface area contributed by atoms with Crippen molar-refractivity contribution in [1.82, 2.24) is 14.0 Å². The molecular weight excluding hydrogens is 631 g/mol. The molecule has 0 N–H and O–H groups in total. The Balaban J connectivity index is 1.18. The zero-order valence-electron chi connectivity index (χ0n) is 28.2. The number of fused-ring (bicyclic) bond motifs is 12. The molecule has 0 unspecified atom stereocenters. The van der Waals surface area contributed by atoms with Crippen molar-refractivity contribution in [3.63, 3.8) is 0 Å². The maximum Gasteiger partial charge on any atom is 0.0788 e. The van der Waals surface area contributed by atoms with Gasteiger partial charge in [-0.3, -0.25) is 0 Å². The van der Waals surface area contributed by atoms with Gasteiger partial charge in [0.05, 0.1) is 39.0 Å². The second kappa shape index (κ2) is 11.3. The van der Waals surface area contributed by atoms with Crippen molar-refractivity contribution in [2.45, 2.75) is 0 Å². The van der Waals surface area contributed by atoms with Crippen LogP contribution in [-0.2, 0) is 0 Å². The molecule has 0 saturated heterocycles. The minimum absolute atomic E-state index is 0.950. The van der Waals surface area contributed by atoms with E-state index in [0.717, 1.165) is 33.8 Å². The maximum atomic E-state index is 5.21. The van der Waals surface area contributed by atoms with Crippen LogP contribution in [0.15, 0.2) is 188 Å². The van der Waals surface area contributed by atoms with Gasteiger partial charge >= 0.3 is 0 Å². The molecule has 7 aromatic carbocycles. The van der Waals surface area contributed by atoms with Gasteiger partial charge in [-0.1, -0.05) is 146 Å². The van der Waals surface area contributed by atoms with E-state index in [0.29, 0.717) is 0 Å². The number of para-hydroxylation sites is 2. The van der Waals surface area contributed by atoms with E-state index >= 15 is 0 Å². The summed E-state index contributed by atoms with van der Waals surface area (Å²) in [6, 6.07) is 67.8.